The number of rotatable bonds is 6. The summed E-state index contributed by atoms with van der Waals surface area (Å²) in [6, 6.07) is 0.229. The Balaban J connectivity index is 2.63. The summed E-state index contributed by atoms with van der Waals surface area (Å²) < 4.78 is 23.6. The van der Waals surface area contributed by atoms with Gasteiger partial charge in [-0.3, -0.25) is 11.3 Å². The van der Waals surface area contributed by atoms with Crippen molar-refractivity contribution in [2.75, 3.05) is 6.26 Å². The Labute approximate surface area is 131 Å². The van der Waals surface area contributed by atoms with Crippen LogP contribution >= 0.6 is 0 Å². The molecule has 1 rings (SSSR count). The minimum atomic E-state index is -2.93. The van der Waals surface area contributed by atoms with Crippen molar-refractivity contribution < 1.29 is 8.42 Å². The van der Waals surface area contributed by atoms with E-state index in [1.807, 2.05) is 0 Å². The number of hydrazine groups is 1. The van der Waals surface area contributed by atoms with E-state index in [4.69, 9.17) is 5.84 Å². The molecule has 0 radical (unpaired) electrons. The highest BCUT2D eigenvalue weighted by Crippen LogP contribution is 2.34. The van der Waals surface area contributed by atoms with Crippen LogP contribution < -0.4 is 11.3 Å². The molecule has 0 heterocycles. The molecule has 0 bridgehead atoms. The summed E-state index contributed by atoms with van der Waals surface area (Å²) in [6.45, 7) is 9.05. The lowest BCUT2D eigenvalue weighted by atomic mass is 9.77. The largest absolute Gasteiger partial charge is 0.271 e. The first-order valence-corrected chi connectivity index (χ1v) is 10.1. The van der Waals surface area contributed by atoms with Gasteiger partial charge in [0.15, 0.2) is 0 Å². The van der Waals surface area contributed by atoms with Crippen LogP contribution in [0.1, 0.15) is 66.2 Å². The first-order chi connectivity index (χ1) is 9.53. The van der Waals surface area contributed by atoms with E-state index in [9.17, 15) is 8.42 Å². The van der Waals surface area contributed by atoms with Crippen LogP contribution in [-0.4, -0.2) is 26.0 Å². The molecule has 4 atom stereocenters. The molecule has 4 unspecified atom stereocenters. The normalized spacial score (nSPS) is 27.3. The van der Waals surface area contributed by atoms with Crippen molar-refractivity contribution in [3.8, 4) is 0 Å². The van der Waals surface area contributed by atoms with E-state index in [0.717, 1.165) is 38.5 Å². The van der Waals surface area contributed by atoms with E-state index < -0.39 is 9.84 Å². The molecular weight excluding hydrogens is 284 g/mol. The Bertz CT molecular complexity index is 414. The molecule has 4 nitrogen and oxygen atoms in total. The number of nitrogens with one attached hydrogen (secondary N) is 1. The van der Waals surface area contributed by atoms with E-state index in [1.54, 1.807) is 0 Å². The van der Waals surface area contributed by atoms with E-state index in [1.165, 1.54) is 6.26 Å². The van der Waals surface area contributed by atoms with Crippen LogP contribution in [0.2, 0.25) is 0 Å². The summed E-state index contributed by atoms with van der Waals surface area (Å²) in [7, 11) is -2.93. The molecule has 0 saturated heterocycles. The fourth-order valence-corrected chi connectivity index (χ4v) is 5.09. The molecule has 0 spiro atoms. The standard InChI is InChI=1S/C16H34N2O2S/c1-12(11-16(2,3)4)9-15(18-17)13-7-6-8-14(10-13)21(5,19)20/h12-15,18H,6-11,17H2,1-5H3. The first-order valence-electron chi connectivity index (χ1n) is 8.18. The molecule has 1 aliphatic rings. The molecule has 1 aliphatic carbocycles. The molecule has 126 valence electrons. The summed E-state index contributed by atoms with van der Waals surface area (Å²) in [5.41, 5.74) is 3.29. The van der Waals surface area contributed by atoms with E-state index in [-0.39, 0.29) is 11.3 Å². The maximum atomic E-state index is 11.8. The SMILES string of the molecule is CC(CC(NN)C1CCCC(S(C)(=O)=O)C1)CC(C)(C)C. The summed E-state index contributed by atoms with van der Waals surface area (Å²) >= 11 is 0. The van der Waals surface area contributed by atoms with Crippen molar-refractivity contribution in [3.63, 3.8) is 0 Å². The molecule has 0 amide bonds. The van der Waals surface area contributed by atoms with Crippen LogP contribution in [0.5, 0.6) is 0 Å². The van der Waals surface area contributed by atoms with Crippen LogP contribution in [0.4, 0.5) is 0 Å². The Morgan fingerprint density at radius 2 is 1.90 bits per heavy atom. The second-order valence-corrected chi connectivity index (χ2v) is 10.6. The van der Waals surface area contributed by atoms with Gasteiger partial charge in [0.1, 0.15) is 9.84 Å². The van der Waals surface area contributed by atoms with Crippen LogP contribution in [-0.2, 0) is 9.84 Å². The molecule has 5 heteroatoms. The zero-order chi connectivity index (χ0) is 16.3. The molecule has 1 saturated carbocycles. The molecule has 0 aromatic heterocycles. The summed E-state index contributed by atoms with van der Waals surface area (Å²) in [5.74, 6) is 6.74. The summed E-state index contributed by atoms with van der Waals surface area (Å²) in [6.07, 6.45) is 7.20. The zero-order valence-electron chi connectivity index (χ0n) is 14.4. The third-order valence-electron chi connectivity index (χ3n) is 4.67. The lowest BCUT2D eigenvalue weighted by Gasteiger charge is -2.35. The number of nitrogens with two attached hydrogens (primary N) is 1. The molecule has 3 N–H and O–H groups in total. The lowest BCUT2D eigenvalue weighted by Crippen LogP contribution is -2.45. The highest BCUT2D eigenvalue weighted by atomic mass is 32.2. The Morgan fingerprint density at radius 1 is 1.29 bits per heavy atom. The second-order valence-electron chi connectivity index (χ2n) is 8.26. The number of sulfone groups is 1. The van der Waals surface area contributed by atoms with Crippen molar-refractivity contribution in [1.82, 2.24) is 5.43 Å². The number of hydrogen-bond donors (Lipinski definition) is 2. The minimum absolute atomic E-state index is 0.176. The van der Waals surface area contributed by atoms with Crippen LogP contribution in [0, 0.1) is 17.3 Å². The van der Waals surface area contributed by atoms with Crippen LogP contribution in [0.15, 0.2) is 0 Å². The third-order valence-corrected chi connectivity index (χ3v) is 6.31. The van der Waals surface area contributed by atoms with Gasteiger partial charge in [-0.25, -0.2) is 8.42 Å². The molecule has 0 aromatic carbocycles. The predicted octanol–water partition coefficient (Wildman–Crippen LogP) is 2.88. The van der Waals surface area contributed by atoms with E-state index in [0.29, 0.717) is 17.3 Å². The summed E-state index contributed by atoms with van der Waals surface area (Å²) in [5, 5.41) is -0.176. The fraction of sp³-hybridized carbons (Fsp3) is 1.00. The topological polar surface area (TPSA) is 72.2 Å². The van der Waals surface area contributed by atoms with Crippen molar-refractivity contribution in [2.45, 2.75) is 77.5 Å². The highest BCUT2D eigenvalue weighted by Gasteiger charge is 2.33. The highest BCUT2D eigenvalue weighted by molar-refractivity contribution is 7.91. The average molecular weight is 319 g/mol. The second kappa shape index (κ2) is 7.42. The Hall–Kier alpha value is -0.130. The van der Waals surface area contributed by atoms with Gasteiger partial charge in [0, 0.05) is 12.3 Å². The van der Waals surface area contributed by atoms with Crippen molar-refractivity contribution in [3.05, 3.63) is 0 Å². The molecule has 0 aliphatic heterocycles. The van der Waals surface area contributed by atoms with Crippen molar-refractivity contribution in [2.24, 2.45) is 23.1 Å². The maximum Gasteiger partial charge on any atom is 0.150 e. The lowest BCUT2D eigenvalue weighted by molar-refractivity contribution is 0.213. The van der Waals surface area contributed by atoms with E-state index >= 15 is 0 Å². The Kier molecular flexibility index (Phi) is 6.69. The van der Waals surface area contributed by atoms with Gasteiger partial charge in [-0.1, -0.05) is 34.1 Å². The predicted molar refractivity (Wildman–Crippen MR) is 89.6 cm³/mol. The van der Waals surface area contributed by atoms with Crippen LogP contribution in [0.25, 0.3) is 0 Å². The van der Waals surface area contributed by atoms with Gasteiger partial charge in [-0.15, -0.1) is 0 Å². The third kappa shape index (κ3) is 6.66. The van der Waals surface area contributed by atoms with Gasteiger partial charge in [0.25, 0.3) is 0 Å². The zero-order valence-corrected chi connectivity index (χ0v) is 15.2. The molecular formula is C16H34N2O2S. The van der Waals surface area contributed by atoms with Crippen molar-refractivity contribution in [1.29, 1.82) is 0 Å². The van der Waals surface area contributed by atoms with Gasteiger partial charge in [-0.2, -0.15) is 0 Å². The molecule has 21 heavy (non-hydrogen) atoms. The molecule has 1 fully saturated rings. The van der Waals surface area contributed by atoms with Gasteiger partial charge in [0.2, 0.25) is 0 Å². The maximum absolute atomic E-state index is 11.8. The quantitative estimate of drug-likeness (QED) is 0.583. The summed E-state index contributed by atoms with van der Waals surface area (Å²) in [4.78, 5) is 0. The van der Waals surface area contributed by atoms with Crippen molar-refractivity contribution >= 4 is 9.84 Å². The fourth-order valence-electron chi connectivity index (χ4n) is 3.89. The van der Waals surface area contributed by atoms with Gasteiger partial charge in [0.05, 0.1) is 5.25 Å². The smallest absolute Gasteiger partial charge is 0.150 e. The van der Waals surface area contributed by atoms with Gasteiger partial charge >= 0.3 is 0 Å². The minimum Gasteiger partial charge on any atom is -0.271 e. The van der Waals surface area contributed by atoms with Gasteiger partial charge < -0.3 is 0 Å². The van der Waals surface area contributed by atoms with E-state index in [2.05, 4.69) is 33.1 Å². The van der Waals surface area contributed by atoms with Crippen LogP contribution in [0.3, 0.4) is 0 Å². The van der Waals surface area contributed by atoms with Gasteiger partial charge in [-0.05, 0) is 49.4 Å². The molecule has 0 aromatic rings. The average Bonchev–Trinajstić information content (AvgIpc) is 2.33. The monoisotopic (exact) mass is 318 g/mol. The first kappa shape index (κ1) is 18.9. The Morgan fingerprint density at radius 3 is 2.38 bits per heavy atom. The number of hydrogen-bond acceptors (Lipinski definition) is 4.